The van der Waals surface area contributed by atoms with Gasteiger partial charge in [-0.05, 0) is 51.0 Å². The van der Waals surface area contributed by atoms with E-state index in [2.05, 4.69) is 0 Å². The van der Waals surface area contributed by atoms with Crippen molar-refractivity contribution in [3.05, 3.63) is 46.5 Å². The van der Waals surface area contributed by atoms with Crippen molar-refractivity contribution in [3.63, 3.8) is 0 Å². The minimum Gasteiger partial charge on any atom is -0.508 e. The van der Waals surface area contributed by atoms with E-state index in [4.69, 9.17) is 0 Å². The summed E-state index contributed by atoms with van der Waals surface area (Å²) in [5.41, 5.74) is 1.26. The Labute approximate surface area is 164 Å². The molecule has 6 heteroatoms. The summed E-state index contributed by atoms with van der Waals surface area (Å²) in [6.45, 7) is 3.14. The first-order chi connectivity index (χ1) is 13.2. The molecule has 0 saturated heterocycles. The molecular weight excluding hydrogens is 360 g/mol. The summed E-state index contributed by atoms with van der Waals surface area (Å²) in [6.07, 6.45) is 3.44. The van der Waals surface area contributed by atoms with E-state index >= 15 is 0 Å². The standard InChI is InChI=1S/C22H26O6/c1-13-19(25)9-15(10-20(13)26)17(23)7-5-3-4-6-8-18(24)16-11-21(27)14(2)22(28)12-16/h9-12,25-28H,3-8H2,1-2H3. The van der Waals surface area contributed by atoms with Gasteiger partial charge >= 0.3 is 0 Å². The number of unbranched alkanes of at least 4 members (excludes halogenated alkanes) is 3. The lowest BCUT2D eigenvalue weighted by molar-refractivity contribution is 0.0965. The Kier molecular flexibility index (Phi) is 7.04. The lowest BCUT2D eigenvalue weighted by atomic mass is 9.99. The van der Waals surface area contributed by atoms with Crippen LogP contribution in [0.15, 0.2) is 24.3 Å². The lowest BCUT2D eigenvalue weighted by Crippen LogP contribution is -2.01. The normalized spacial score (nSPS) is 10.8. The van der Waals surface area contributed by atoms with Gasteiger partial charge in [-0.3, -0.25) is 9.59 Å². The van der Waals surface area contributed by atoms with E-state index in [9.17, 15) is 30.0 Å². The molecule has 0 bridgehead atoms. The van der Waals surface area contributed by atoms with Crippen molar-refractivity contribution >= 4 is 11.6 Å². The van der Waals surface area contributed by atoms with E-state index < -0.39 is 0 Å². The van der Waals surface area contributed by atoms with Crippen molar-refractivity contribution in [1.29, 1.82) is 0 Å². The Morgan fingerprint density at radius 3 is 1.18 bits per heavy atom. The predicted octanol–water partition coefficient (Wildman–Crippen LogP) is 4.53. The van der Waals surface area contributed by atoms with Gasteiger partial charge in [0.05, 0.1) is 0 Å². The minimum atomic E-state index is -0.146. The minimum absolute atomic E-state index is 0.102. The molecule has 0 aromatic heterocycles. The Bertz CT molecular complexity index is 765. The van der Waals surface area contributed by atoms with Crippen molar-refractivity contribution in [1.82, 2.24) is 0 Å². The Hall–Kier alpha value is -3.02. The maximum Gasteiger partial charge on any atom is 0.163 e. The van der Waals surface area contributed by atoms with Crippen LogP contribution >= 0.6 is 0 Å². The molecule has 0 saturated carbocycles. The maximum atomic E-state index is 12.2. The summed E-state index contributed by atoms with van der Waals surface area (Å²) in [5, 5.41) is 38.8. The third kappa shape index (κ3) is 5.25. The highest BCUT2D eigenvalue weighted by Crippen LogP contribution is 2.29. The first kappa shape index (κ1) is 21.3. The molecule has 0 heterocycles. The van der Waals surface area contributed by atoms with Gasteiger partial charge in [0.2, 0.25) is 0 Å². The number of phenolic OH excluding ortho intramolecular Hbond substituents is 4. The fourth-order valence-electron chi connectivity index (χ4n) is 2.90. The molecule has 6 nitrogen and oxygen atoms in total. The fourth-order valence-corrected chi connectivity index (χ4v) is 2.90. The van der Waals surface area contributed by atoms with Gasteiger partial charge in [0.25, 0.3) is 0 Å². The molecule has 0 radical (unpaired) electrons. The molecule has 2 aromatic carbocycles. The van der Waals surface area contributed by atoms with Crippen molar-refractivity contribution in [2.45, 2.75) is 52.4 Å². The van der Waals surface area contributed by atoms with Gasteiger partial charge in [-0.15, -0.1) is 0 Å². The molecular formula is C22H26O6. The summed E-state index contributed by atoms with van der Waals surface area (Å²) in [4.78, 5) is 24.3. The topological polar surface area (TPSA) is 115 Å². The molecule has 0 aliphatic heterocycles. The van der Waals surface area contributed by atoms with Crippen molar-refractivity contribution in [3.8, 4) is 23.0 Å². The van der Waals surface area contributed by atoms with Crippen LogP contribution in [0.2, 0.25) is 0 Å². The lowest BCUT2D eigenvalue weighted by Gasteiger charge is -2.07. The van der Waals surface area contributed by atoms with E-state index in [1.165, 1.54) is 24.3 Å². The molecule has 0 aliphatic rings. The first-order valence-electron chi connectivity index (χ1n) is 9.32. The molecule has 0 fully saturated rings. The van der Waals surface area contributed by atoms with Crippen LogP contribution in [0.25, 0.3) is 0 Å². The first-order valence-corrected chi connectivity index (χ1v) is 9.32. The SMILES string of the molecule is Cc1c(O)cc(C(=O)CCCCCCC(=O)c2cc(O)c(C)c(O)c2)cc1O. The zero-order chi connectivity index (χ0) is 20.8. The molecule has 0 unspecified atom stereocenters. The number of hydrogen-bond donors (Lipinski definition) is 4. The average Bonchev–Trinajstić information content (AvgIpc) is 2.65. The summed E-state index contributed by atoms with van der Waals surface area (Å²) >= 11 is 0. The third-order valence-electron chi connectivity index (χ3n) is 4.91. The second kappa shape index (κ2) is 9.26. The van der Waals surface area contributed by atoms with Gasteiger partial charge in [-0.2, -0.15) is 0 Å². The van der Waals surface area contributed by atoms with Crippen LogP contribution in [0.4, 0.5) is 0 Å². The fraction of sp³-hybridized carbons (Fsp3) is 0.364. The maximum absolute atomic E-state index is 12.2. The van der Waals surface area contributed by atoms with Crippen LogP contribution in [0.3, 0.4) is 0 Å². The highest BCUT2D eigenvalue weighted by Gasteiger charge is 2.13. The number of carbonyl (C=O) groups excluding carboxylic acids is 2. The van der Waals surface area contributed by atoms with E-state index in [1.807, 2.05) is 0 Å². The number of ketones is 2. The van der Waals surface area contributed by atoms with E-state index in [0.29, 0.717) is 36.8 Å². The number of aromatic hydroxyl groups is 4. The number of phenols is 4. The second-order valence-electron chi connectivity index (χ2n) is 7.04. The predicted molar refractivity (Wildman–Crippen MR) is 105 cm³/mol. The highest BCUT2D eigenvalue weighted by atomic mass is 16.3. The molecule has 28 heavy (non-hydrogen) atoms. The van der Waals surface area contributed by atoms with Crippen LogP contribution in [0.1, 0.15) is 70.4 Å². The van der Waals surface area contributed by atoms with Gasteiger partial charge in [0.1, 0.15) is 23.0 Å². The van der Waals surface area contributed by atoms with E-state index in [-0.39, 0.29) is 45.7 Å². The van der Waals surface area contributed by atoms with Gasteiger partial charge in [0.15, 0.2) is 11.6 Å². The highest BCUT2D eigenvalue weighted by molar-refractivity contribution is 5.97. The molecule has 0 amide bonds. The van der Waals surface area contributed by atoms with Crippen LogP contribution in [0.5, 0.6) is 23.0 Å². The number of benzene rings is 2. The number of Topliss-reactive ketones (excluding diaryl/α,β-unsaturated/α-hetero) is 2. The molecule has 4 N–H and O–H groups in total. The van der Waals surface area contributed by atoms with E-state index in [1.54, 1.807) is 13.8 Å². The number of rotatable bonds is 9. The quantitative estimate of drug-likeness (QED) is 0.372. The van der Waals surface area contributed by atoms with Crippen LogP contribution in [-0.2, 0) is 0 Å². The monoisotopic (exact) mass is 386 g/mol. The van der Waals surface area contributed by atoms with Gasteiger partial charge < -0.3 is 20.4 Å². The third-order valence-corrected chi connectivity index (χ3v) is 4.91. The second-order valence-corrected chi connectivity index (χ2v) is 7.04. The van der Waals surface area contributed by atoms with Crippen LogP contribution in [0, 0.1) is 13.8 Å². The van der Waals surface area contributed by atoms with Crippen molar-refractivity contribution < 1.29 is 30.0 Å². The molecule has 150 valence electrons. The molecule has 2 aromatic rings. The number of hydrogen-bond acceptors (Lipinski definition) is 6. The van der Waals surface area contributed by atoms with Crippen LogP contribution in [-0.4, -0.2) is 32.0 Å². The average molecular weight is 386 g/mol. The Morgan fingerprint density at radius 2 is 0.893 bits per heavy atom. The zero-order valence-corrected chi connectivity index (χ0v) is 16.2. The summed E-state index contributed by atoms with van der Waals surface area (Å²) < 4.78 is 0. The zero-order valence-electron chi connectivity index (χ0n) is 16.2. The Balaban J connectivity index is 1.73. The summed E-state index contributed by atoms with van der Waals surface area (Å²) in [6, 6.07) is 5.45. The molecule has 0 atom stereocenters. The molecule has 0 spiro atoms. The molecule has 2 rings (SSSR count). The van der Waals surface area contributed by atoms with Gasteiger partial charge in [0, 0.05) is 35.1 Å². The summed E-state index contributed by atoms with van der Waals surface area (Å²) in [7, 11) is 0. The smallest absolute Gasteiger partial charge is 0.163 e. The van der Waals surface area contributed by atoms with Crippen molar-refractivity contribution in [2.75, 3.05) is 0 Å². The van der Waals surface area contributed by atoms with Crippen LogP contribution < -0.4 is 0 Å². The largest absolute Gasteiger partial charge is 0.508 e. The van der Waals surface area contributed by atoms with Gasteiger partial charge in [-0.25, -0.2) is 0 Å². The molecule has 0 aliphatic carbocycles. The summed E-state index contributed by atoms with van der Waals surface area (Å²) in [5.74, 6) is -0.699. The van der Waals surface area contributed by atoms with Crippen molar-refractivity contribution in [2.24, 2.45) is 0 Å². The Morgan fingerprint density at radius 1 is 0.607 bits per heavy atom. The number of carbonyl (C=O) groups is 2. The van der Waals surface area contributed by atoms with E-state index in [0.717, 1.165) is 12.8 Å². The van der Waals surface area contributed by atoms with Gasteiger partial charge in [-0.1, -0.05) is 12.8 Å².